The van der Waals surface area contributed by atoms with Crippen LogP contribution in [0.15, 0.2) is 42.5 Å². The molecule has 2 aromatic carbocycles. The number of nitrogens with zero attached hydrogens (tertiary/aromatic N) is 2. The Morgan fingerprint density at radius 2 is 1.83 bits per heavy atom. The van der Waals surface area contributed by atoms with Gasteiger partial charge in [-0.05, 0) is 23.8 Å². The van der Waals surface area contributed by atoms with Crippen LogP contribution >= 0.6 is 11.6 Å². The van der Waals surface area contributed by atoms with Crippen molar-refractivity contribution in [2.75, 3.05) is 11.1 Å². The zero-order chi connectivity index (χ0) is 17.3. The highest BCUT2D eigenvalue weighted by atomic mass is 35.5. The van der Waals surface area contributed by atoms with Gasteiger partial charge in [0.15, 0.2) is 0 Å². The molecule has 0 fully saturated rings. The minimum Gasteiger partial charge on any atom is -0.368 e. The number of halogens is 4. The van der Waals surface area contributed by atoms with E-state index in [0.717, 1.165) is 6.07 Å². The molecule has 1 heterocycles. The van der Waals surface area contributed by atoms with Crippen molar-refractivity contribution in [3.8, 4) is 11.1 Å². The molecule has 0 aliphatic heterocycles. The first-order valence-electron chi connectivity index (χ1n) is 6.75. The van der Waals surface area contributed by atoms with Crippen molar-refractivity contribution in [2.24, 2.45) is 0 Å². The monoisotopic (exact) mass is 353 g/mol. The molecule has 9 heteroatoms. The first-order chi connectivity index (χ1) is 11.3. The minimum absolute atomic E-state index is 0.00634. The van der Waals surface area contributed by atoms with Crippen LogP contribution in [-0.2, 0) is 6.18 Å². The second-order valence-electron chi connectivity index (χ2n) is 4.91. The number of alkyl halides is 3. The van der Waals surface area contributed by atoms with E-state index in [9.17, 15) is 13.2 Å². The second kappa shape index (κ2) is 6.04. The average molecular weight is 354 g/mol. The molecule has 124 valence electrons. The lowest BCUT2D eigenvalue weighted by Gasteiger charge is -2.15. The summed E-state index contributed by atoms with van der Waals surface area (Å²) in [5.41, 5.74) is 5.05. The number of anilines is 3. The van der Waals surface area contributed by atoms with E-state index < -0.39 is 11.7 Å². The molecule has 3 aromatic rings. The quantitative estimate of drug-likeness (QED) is 0.649. The lowest BCUT2D eigenvalue weighted by Crippen LogP contribution is -2.08. The number of nitrogens with one attached hydrogen (secondary N) is 2. The normalized spacial score (nSPS) is 11.5. The molecule has 24 heavy (non-hydrogen) atoms. The Kier molecular flexibility index (Phi) is 4.06. The molecule has 0 unspecified atom stereocenters. The van der Waals surface area contributed by atoms with Crippen molar-refractivity contribution in [3.63, 3.8) is 0 Å². The third-order valence-corrected chi connectivity index (χ3v) is 3.58. The summed E-state index contributed by atoms with van der Waals surface area (Å²) in [6, 6.07) is 10.2. The van der Waals surface area contributed by atoms with Crippen LogP contribution in [0.1, 0.15) is 5.56 Å². The Morgan fingerprint density at radius 3 is 2.46 bits per heavy atom. The van der Waals surface area contributed by atoms with E-state index in [1.54, 1.807) is 18.2 Å². The molecular formula is C15H11ClF3N5. The molecule has 0 radical (unpaired) electrons. The third-order valence-electron chi connectivity index (χ3n) is 3.25. The van der Waals surface area contributed by atoms with Gasteiger partial charge in [-0.25, -0.2) is 5.10 Å². The Hall–Kier alpha value is -2.74. The van der Waals surface area contributed by atoms with E-state index in [1.165, 1.54) is 18.2 Å². The maximum atomic E-state index is 13.5. The van der Waals surface area contributed by atoms with Crippen LogP contribution in [0.4, 0.5) is 30.8 Å². The summed E-state index contributed by atoms with van der Waals surface area (Å²) in [5, 5.41) is 9.02. The van der Waals surface area contributed by atoms with E-state index in [-0.39, 0.29) is 28.2 Å². The van der Waals surface area contributed by atoms with Gasteiger partial charge in [0.1, 0.15) is 0 Å². The molecule has 0 saturated heterocycles. The fourth-order valence-corrected chi connectivity index (χ4v) is 2.47. The highest BCUT2D eigenvalue weighted by Crippen LogP contribution is 2.40. The molecule has 0 saturated carbocycles. The summed E-state index contributed by atoms with van der Waals surface area (Å²) in [4.78, 5) is 3.79. The van der Waals surface area contributed by atoms with Crippen molar-refractivity contribution in [2.45, 2.75) is 6.18 Å². The topological polar surface area (TPSA) is 79.6 Å². The van der Waals surface area contributed by atoms with Gasteiger partial charge in [0, 0.05) is 16.3 Å². The maximum absolute atomic E-state index is 13.5. The maximum Gasteiger partial charge on any atom is 0.417 e. The van der Waals surface area contributed by atoms with Crippen LogP contribution < -0.4 is 11.1 Å². The van der Waals surface area contributed by atoms with Crippen molar-refractivity contribution < 1.29 is 13.2 Å². The summed E-state index contributed by atoms with van der Waals surface area (Å²) >= 11 is 6.03. The molecular weight excluding hydrogens is 343 g/mol. The number of aromatic nitrogens is 3. The van der Waals surface area contributed by atoms with Crippen molar-refractivity contribution >= 4 is 29.2 Å². The summed E-state index contributed by atoms with van der Waals surface area (Å²) < 4.78 is 40.4. The number of nitrogen functional groups attached to an aromatic ring is 1. The first kappa shape index (κ1) is 16.1. The minimum atomic E-state index is -4.55. The number of benzene rings is 2. The molecule has 1 aromatic heterocycles. The van der Waals surface area contributed by atoms with Gasteiger partial charge < -0.3 is 11.1 Å². The fraction of sp³-hybridized carbons (Fsp3) is 0.0667. The van der Waals surface area contributed by atoms with Gasteiger partial charge in [-0.2, -0.15) is 18.2 Å². The van der Waals surface area contributed by atoms with Gasteiger partial charge in [-0.3, -0.25) is 0 Å². The lowest BCUT2D eigenvalue weighted by atomic mass is 9.98. The summed E-state index contributed by atoms with van der Waals surface area (Å²) in [6.45, 7) is 0. The standard InChI is InChI=1S/C15H11ClF3N5/c16-12-4-2-1-3-10(12)9-6-5-8(7-11(9)15(17,18)19)21-14-22-13(20)23-24-14/h1-7H,(H4,20,21,22,23,24). The predicted octanol–water partition coefficient (Wildman–Crippen LogP) is 4.47. The van der Waals surface area contributed by atoms with E-state index in [1.807, 2.05) is 0 Å². The Bertz CT molecular complexity index is 876. The zero-order valence-electron chi connectivity index (χ0n) is 12.0. The summed E-state index contributed by atoms with van der Waals surface area (Å²) in [5.74, 6) is 0.132. The van der Waals surface area contributed by atoms with Crippen LogP contribution in [-0.4, -0.2) is 15.2 Å². The molecule has 0 amide bonds. The van der Waals surface area contributed by atoms with Crippen LogP contribution in [0.3, 0.4) is 0 Å². The number of aromatic amines is 1. The molecule has 0 spiro atoms. The predicted molar refractivity (Wildman–Crippen MR) is 86.0 cm³/mol. The number of H-pyrrole nitrogens is 1. The van der Waals surface area contributed by atoms with E-state index in [0.29, 0.717) is 5.56 Å². The summed E-state index contributed by atoms with van der Waals surface area (Å²) in [7, 11) is 0. The number of hydrogen-bond acceptors (Lipinski definition) is 4. The number of nitrogens with two attached hydrogens (primary N) is 1. The van der Waals surface area contributed by atoms with Gasteiger partial charge in [0.25, 0.3) is 0 Å². The molecule has 0 atom stereocenters. The molecule has 0 aliphatic carbocycles. The zero-order valence-corrected chi connectivity index (χ0v) is 12.8. The highest BCUT2D eigenvalue weighted by Gasteiger charge is 2.34. The first-order valence-corrected chi connectivity index (χ1v) is 7.13. The second-order valence-corrected chi connectivity index (χ2v) is 5.31. The molecule has 3 rings (SSSR count). The Balaban J connectivity index is 2.06. The van der Waals surface area contributed by atoms with E-state index in [4.69, 9.17) is 17.3 Å². The number of hydrogen-bond donors (Lipinski definition) is 3. The van der Waals surface area contributed by atoms with Gasteiger partial charge >= 0.3 is 6.18 Å². The largest absolute Gasteiger partial charge is 0.417 e. The van der Waals surface area contributed by atoms with Crippen molar-refractivity contribution in [1.29, 1.82) is 0 Å². The molecule has 5 nitrogen and oxygen atoms in total. The Labute approximate surface area is 139 Å². The lowest BCUT2D eigenvalue weighted by molar-refractivity contribution is -0.137. The Morgan fingerprint density at radius 1 is 1.08 bits per heavy atom. The number of rotatable bonds is 3. The smallest absolute Gasteiger partial charge is 0.368 e. The fourth-order valence-electron chi connectivity index (χ4n) is 2.23. The molecule has 0 bridgehead atoms. The van der Waals surface area contributed by atoms with Gasteiger partial charge in [-0.1, -0.05) is 35.9 Å². The van der Waals surface area contributed by atoms with E-state index in [2.05, 4.69) is 20.5 Å². The molecule has 0 aliphatic rings. The van der Waals surface area contributed by atoms with Crippen LogP contribution in [0.5, 0.6) is 0 Å². The van der Waals surface area contributed by atoms with Gasteiger partial charge in [0.05, 0.1) is 5.56 Å². The van der Waals surface area contributed by atoms with Crippen LogP contribution in [0, 0.1) is 0 Å². The van der Waals surface area contributed by atoms with Gasteiger partial charge in [0.2, 0.25) is 11.9 Å². The van der Waals surface area contributed by atoms with Crippen LogP contribution in [0.2, 0.25) is 5.02 Å². The SMILES string of the molecule is Nc1nc(Nc2ccc(-c3ccccc3Cl)c(C(F)(F)F)c2)n[nH]1. The molecule has 4 N–H and O–H groups in total. The average Bonchev–Trinajstić information content (AvgIpc) is 2.92. The van der Waals surface area contributed by atoms with Gasteiger partial charge in [-0.15, -0.1) is 5.10 Å². The van der Waals surface area contributed by atoms with Crippen LogP contribution in [0.25, 0.3) is 11.1 Å². The highest BCUT2D eigenvalue weighted by molar-refractivity contribution is 6.33. The van der Waals surface area contributed by atoms with Crippen molar-refractivity contribution in [1.82, 2.24) is 15.2 Å². The van der Waals surface area contributed by atoms with E-state index >= 15 is 0 Å². The third kappa shape index (κ3) is 3.28. The van der Waals surface area contributed by atoms with Crippen molar-refractivity contribution in [3.05, 3.63) is 53.1 Å². The summed E-state index contributed by atoms with van der Waals surface area (Å²) in [6.07, 6.45) is -4.55.